The highest BCUT2D eigenvalue weighted by Crippen LogP contribution is 2.36. The fourth-order valence-electron chi connectivity index (χ4n) is 4.57. The first-order chi connectivity index (χ1) is 19.7. The van der Waals surface area contributed by atoms with Gasteiger partial charge in [0.2, 0.25) is 0 Å². The van der Waals surface area contributed by atoms with Crippen LogP contribution in [-0.2, 0) is 14.3 Å². The normalized spacial score (nSPS) is 14.9. The molecule has 0 bridgehead atoms. The van der Waals surface area contributed by atoms with E-state index in [9.17, 15) is 14.4 Å². The number of aromatic nitrogens is 1. The molecule has 0 saturated heterocycles. The fraction of sp³-hybridized carbons (Fsp3) is 0.200. The van der Waals surface area contributed by atoms with Crippen LogP contribution in [0.3, 0.4) is 0 Å². The van der Waals surface area contributed by atoms with E-state index in [0.717, 1.165) is 5.56 Å². The molecule has 11 heteroatoms. The molecule has 1 aliphatic heterocycles. The van der Waals surface area contributed by atoms with Crippen LogP contribution in [0.4, 0.5) is 0 Å². The molecule has 2 aromatic heterocycles. The van der Waals surface area contributed by atoms with Crippen molar-refractivity contribution in [3.8, 4) is 22.8 Å². The third-order valence-electron chi connectivity index (χ3n) is 6.31. The minimum Gasteiger partial charge on any atom is -0.493 e. The number of thiazole rings is 1. The summed E-state index contributed by atoms with van der Waals surface area (Å²) in [6.45, 7) is 4.83. The summed E-state index contributed by atoms with van der Waals surface area (Å²) >= 11 is 7.49. The zero-order valence-electron chi connectivity index (χ0n) is 22.6. The van der Waals surface area contributed by atoms with Gasteiger partial charge in [-0.2, -0.15) is 0 Å². The van der Waals surface area contributed by atoms with E-state index in [1.165, 1.54) is 29.9 Å². The van der Waals surface area contributed by atoms with E-state index in [4.69, 9.17) is 30.2 Å². The highest BCUT2D eigenvalue weighted by molar-refractivity contribution is 7.07. The van der Waals surface area contributed by atoms with E-state index in [1.807, 2.05) is 18.2 Å². The number of carbonyl (C=O) groups is 2. The molecule has 0 amide bonds. The molecule has 41 heavy (non-hydrogen) atoms. The van der Waals surface area contributed by atoms with Crippen molar-refractivity contribution in [1.29, 1.82) is 0 Å². The van der Waals surface area contributed by atoms with Crippen LogP contribution in [-0.4, -0.2) is 30.2 Å². The molecule has 3 heterocycles. The summed E-state index contributed by atoms with van der Waals surface area (Å²) < 4.78 is 23.8. The summed E-state index contributed by atoms with van der Waals surface area (Å²) in [6.07, 6.45) is 1.63. The Balaban J connectivity index is 1.66. The number of nitrogens with zero attached hydrogens (tertiary/aromatic N) is 2. The summed E-state index contributed by atoms with van der Waals surface area (Å²) in [5.41, 5.74) is 1.54. The Bertz CT molecular complexity index is 1880. The Labute approximate surface area is 243 Å². The monoisotopic (exact) mass is 592 g/mol. The Kier molecular flexibility index (Phi) is 7.96. The number of fused-ring (bicyclic) bond motifs is 1. The summed E-state index contributed by atoms with van der Waals surface area (Å²) in [4.78, 5) is 43.6. The molecule has 0 fully saturated rings. The standard InChI is InChI=1S/C30H25ClN2O7S/c1-5-38-29(36)26-16(2)32-30-33(27(26)18-10-12-23(39-17(3)34)24(14-18)37-4)28(35)25(41-30)15-19-11-13-22(40-19)20-8-6-7-9-21(20)31/h6-15,27H,5H2,1-4H3/b25-15+/t27-/m1/s1. The van der Waals surface area contributed by atoms with Crippen molar-refractivity contribution < 1.29 is 28.2 Å². The highest BCUT2D eigenvalue weighted by Gasteiger charge is 2.34. The van der Waals surface area contributed by atoms with E-state index < -0.39 is 18.0 Å². The van der Waals surface area contributed by atoms with E-state index in [-0.39, 0.29) is 29.2 Å². The summed E-state index contributed by atoms with van der Waals surface area (Å²) in [5, 5.41) is 0.546. The quantitative estimate of drug-likeness (QED) is 0.227. The number of hydrogen-bond donors (Lipinski definition) is 0. The van der Waals surface area contributed by atoms with E-state index in [0.29, 0.717) is 37.1 Å². The van der Waals surface area contributed by atoms with Gasteiger partial charge >= 0.3 is 11.9 Å². The van der Waals surface area contributed by atoms with Crippen molar-refractivity contribution in [1.82, 2.24) is 4.57 Å². The van der Waals surface area contributed by atoms with Crippen LogP contribution in [0.25, 0.3) is 17.4 Å². The molecule has 4 aromatic rings. The summed E-state index contributed by atoms with van der Waals surface area (Å²) in [6, 6.07) is 14.8. The second-order valence-corrected chi connectivity index (χ2v) is 10.4. The third-order valence-corrected chi connectivity index (χ3v) is 7.63. The summed E-state index contributed by atoms with van der Waals surface area (Å²) in [5.74, 6) is 0.388. The summed E-state index contributed by atoms with van der Waals surface area (Å²) in [7, 11) is 1.44. The molecule has 210 valence electrons. The van der Waals surface area contributed by atoms with Gasteiger partial charge in [-0.05, 0) is 55.8 Å². The van der Waals surface area contributed by atoms with Crippen LogP contribution in [0.15, 0.2) is 80.1 Å². The smallest absolute Gasteiger partial charge is 0.338 e. The lowest BCUT2D eigenvalue weighted by molar-refractivity contribution is -0.139. The number of ether oxygens (including phenoxy) is 3. The molecule has 0 aliphatic carbocycles. The van der Waals surface area contributed by atoms with Crippen LogP contribution >= 0.6 is 22.9 Å². The lowest BCUT2D eigenvalue weighted by Crippen LogP contribution is -2.39. The van der Waals surface area contributed by atoms with Crippen molar-refractivity contribution in [2.75, 3.05) is 13.7 Å². The number of benzene rings is 2. The second-order valence-electron chi connectivity index (χ2n) is 8.99. The molecule has 0 spiro atoms. The molecular weight excluding hydrogens is 568 g/mol. The topological polar surface area (TPSA) is 109 Å². The van der Waals surface area contributed by atoms with Gasteiger partial charge in [0.05, 0.1) is 40.6 Å². The fourth-order valence-corrected chi connectivity index (χ4v) is 5.82. The van der Waals surface area contributed by atoms with Crippen molar-refractivity contribution in [3.05, 3.63) is 102 Å². The number of esters is 2. The van der Waals surface area contributed by atoms with Gasteiger partial charge < -0.3 is 18.6 Å². The zero-order valence-corrected chi connectivity index (χ0v) is 24.2. The first kappa shape index (κ1) is 28.1. The van der Waals surface area contributed by atoms with Gasteiger partial charge in [-0.1, -0.05) is 41.1 Å². The van der Waals surface area contributed by atoms with E-state index in [1.54, 1.807) is 56.3 Å². The molecule has 0 radical (unpaired) electrons. The number of hydrogen-bond acceptors (Lipinski definition) is 9. The highest BCUT2D eigenvalue weighted by atomic mass is 35.5. The predicted molar refractivity (Wildman–Crippen MR) is 154 cm³/mol. The Hall–Kier alpha value is -4.41. The molecule has 0 saturated carbocycles. The Morgan fingerprint density at radius 1 is 1.15 bits per heavy atom. The number of methoxy groups -OCH3 is 1. The van der Waals surface area contributed by atoms with Crippen LogP contribution in [0, 0.1) is 0 Å². The van der Waals surface area contributed by atoms with Crippen LogP contribution in [0.1, 0.15) is 38.1 Å². The van der Waals surface area contributed by atoms with E-state index in [2.05, 4.69) is 4.99 Å². The van der Waals surface area contributed by atoms with Crippen LogP contribution in [0.2, 0.25) is 5.02 Å². The zero-order chi connectivity index (χ0) is 29.3. The molecule has 1 aliphatic rings. The van der Waals surface area contributed by atoms with Gasteiger partial charge in [-0.25, -0.2) is 9.79 Å². The average molecular weight is 593 g/mol. The van der Waals surface area contributed by atoms with Crippen molar-refractivity contribution in [2.45, 2.75) is 26.8 Å². The molecule has 2 aromatic carbocycles. The number of rotatable bonds is 7. The first-order valence-corrected chi connectivity index (χ1v) is 13.8. The van der Waals surface area contributed by atoms with Gasteiger partial charge in [0, 0.05) is 18.6 Å². The first-order valence-electron chi connectivity index (χ1n) is 12.6. The molecule has 9 nitrogen and oxygen atoms in total. The van der Waals surface area contributed by atoms with Crippen molar-refractivity contribution >= 4 is 41.0 Å². The number of allylic oxidation sites excluding steroid dienone is 1. The maximum Gasteiger partial charge on any atom is 0.338 e. The van der Waals surface area contributed by atoms with Gasteiger partial charge in [0.1, 0.15) is 11.5 Å². The van der Waals surface area contributed by atoms with Crippen molar-refractivity contribution in [3.63, 3.8) is 0 Å². The average Bonchev–Trinajstić information content (AvgIpc) is 3.52. The number of carbonyl (C=O) groups excluding carboxylic acids is 2. The van der Waals surface area contributed by atoms with Crippen LogP contribution < -0.4 is 24.4 Å². The molecule has 0 N–H and O–H groups in total. The lowest BCUT2D eigenvalue weighted by Gasteiger charge is -2.25. The van der Waals surface area contributed by atoms with Gasteiger partial charge in [0.15, 0.2) is 16.3 Å². The van der Waals surface area contributed by atoms with Gasteiger partial charge in [-0.3, -0.25) is 14.2 Å². The van der Waals surface area contributed by atoms with Crippen molar-refractivity contribution in [2.24, 2.45) is 4.99 Å². The molecule has 1 atom stereocenters. The molecule has 0 unspecified atom stereocenters. The minimum atomic E-state index is -0.872. The minimum absolute atomic E-state index is 0.147. The largest absolute Gasteiger partial charge is 0.493 e. The Morgan fingerprint density at radius 2 is 1.93 bits per heavy atom. The van der Waals surface area contributed by atoms with Gasteiger partial charge in [0.25, 0.3) is 5.56 Å². The predicted octanol–water partition coefficient (Wildman–Crippen LogP) is 4.65. The number of furan rings is 1. The van der Waals surface area contributed by atoms with Crippen LogP contribution in [0.5, 0.6) is 11.5 Å². The molecule has 5 rings (SSSR count). The van der Waals surface area contributed by atoms with E-state index >= 15 is 0 Å². The maximum atomic E-state index is 13.9. The lowest BCUT2D eigenvalue weighted by atomic mass is 9.95. The maximum absolute atomic E-state index is 13.9. The molecular formula is C30H25ClN2O7S. The number of halogens is 1. The van der Waals surface area contributed by atoms with Gasteiger partial charge in [-0.15, -0.1) is 0 Å². The second kappa shape index (κ2) is 11.6. The Morgan fingerprint density at radius 3 is 2.63 bits per heavy atom. The third kappa shape index (κ3) is 5.48. The SMILES string of the molecule is CCOC(=O)C1=C(C)N=c2s/c(=C/c3ccc(-c4ccccc4Cl)o3)c(=O)n2[C@@H]1c1ccc(OC(C)=O)c(OC)c1.